The molecule has 0 aromatic heterocycles. The third kappa shape index (κ3) is 1.90. The molecule has 1 aromatic rings. The lowest BCUT2D eigenvalue weighted by molar-refractivity contribution is 0.475. The number of aliphatic imine (C=N–C) groups is 1. The monoisotopic (exact) mass is 177 g/mol. The first-order chi connectivity index (χ1) is 6.34. The Labute approximate surface area is 76.3 Å². The van der Waals surface area contributed by atoms with Crippen molar-refractivity contribution >= 4 is 11.6 Å². The van der Waals surface area contributed by atoms with Gasteiger partial charge in [-0.15, -0.1) is 0 Å². The summed E-state index contributed by atoms with van der Waals surface area (Å²) in [7, 11) is 0. The molecule has 0 saturated heterocycles. The van der Waals surface area contributed by atoms with Crippen LogP contribution in [0.1, 0.15) is 0 Å². The molecule has 0 amide bonds. The van der Waals surface area contributed by atoms with E-state index in [4.69, 9.17) is 0 Å². The summed E-state index contributed by atoms with van der Waals surface area (Å²) in [5.41, 5.74) is 0.841. The number of hydrogen-bond donors (Lipinski definition) is 3. The number of hydrogen-bond acceptors (Lipinski definition) is 4. The Bertz CT molecular complexity index is 335. The van der Waals surface area contributed by atoms with Gasteiger partial charge in [-0.2, -0.15) is 0 Å². The molecule has 0 saturated carbocycles. The fraction of sp³-hybridized carbons (Fsp3) is 0.222. The Kier molecular flexibility index (Phi) is 2.04. The quantitative estimate of drug-likeness (QED) is 0.593. The van der Waals surface area contributed by atoms with Crippen molar-refractivity contribution in [1.82, 2.24) is 5.32 Å². The molecule has 2 rings (SSSR count). The summed E-state index contributed by atoms with van der Waals surface area (Å²) >= 11 is 0. The maximum Gasteiger partial charge on any atom is 0.195 e. The zero-order chi connectivity index (χ0) is 9.10. The average Bonchev–Trinajstić information content (AvgIpc) is 2.57. The standard InChI is InChI=1S/C9H11N3O/c13-8-3-1-2-7(6-8)12-9-10-4-5-11-9/h1-3,6,13H,4-5H2,(H2,10,11,12). The fourth-order valence-corrected chi connectivity index (χ4v) is 1.20. The molecule has 0 radical (unpaired) electrons. The van der Waals surface area contributed by atoms with Gasteiger partial charge in [0.25, 0.3) is 0 Å². The van der Waals surface area contributed by atoms with Crippen LogP contribution in [0.4, 0.5) is 5.69 Å². The molecule has 1 aliphatic rings. The molecule has 0 bridgehead atoms. The summed E-state index contributed by atoms with van der Waals surface area (Å²) in [6, 6.07) is 6.95. The number of anilines is 1. The van der Waals surface area contributed by atoms with E-state index in [-0.39, 0.29) is 5.75 Å². The molecule has 4 nitrogen and oxygen atoms in total. The number of nitrogens with one attached hydrogen (secondary N) is 2. The Morgan fingerprint density at radius 2 is 2.38 bits per heavy atom. The van der Waals surface area contributed by atoms with E-state index in [0.717, 1.165) is 24.7 Å². The van der Waals surface area contributed by atoms with Gasteiger partial charge in [-0.05, 0) is 12.1 Å². The molecule has 0 fully saturated rings. The molecule has 13 heavy (non-hydrogen) atoms. The highest BCUT2D eigenvalue weighted by molar-refractivity contribution is 5.94. The predicted molar refractivity (Wildman–Crippen MR) is 52.0 cm³/mol. The van der Waals surface area contributed by atoms with E-state index in [1.165, 1.54) is 0 Å². The SMILES string of the molecule is Oc1cccc(NC2=NCCN2)c1. The second kappa shape index (κ2) is 3.35. The van der Waals surface area contributed by atoms with Gasteiger partial charge in [0.1, 0.15) is 5.75 Å². The first-order valence-electron chi connectivity index (χ1n) is 4.19. The molecule has 0 atom stereocenters. The molecule has 3 N–H and O–H groups in total. The molecule has 1 heterocycles. The number of benzene rings is 1. The zero-order valence-electron chi connectivity index (χ0n) is 7.12. The summed E-state index contributed by atoms with van der Waals surface area (Å²) in [6.07, 6.45) is 0. The Morgan fingerprint density at radius 3 is 3.08 bits per heavy atom. The van der Waals surface area contributed by atoms with Crippen molar-refractivity contribution in [1.29, 1.82) is 0 Å². The lowest BCUT2D eigenvalue weighted by Gasteiger charge is -2.05. The normalized spacial score (nSPS) is 14.9. The Hall–Kier alpha value is -1.71. The highest BCUT2D eigenvalue weighted by atomic mass is 16.3. The van der Waals surface area contributed by atoms with Crippen LogP contribution in [0.2, 0.25) is 0 Å². The van der Waals surface area contributed by atoms with Crippen molar-refractivity contribution in [3.63, 3.8) is 0 Å². The number of aromatic hydroxyl groups is 1. The summed E-state index contributed by atoms with van der Waals surface area (Å²) in [6.45, 7) is 1.68. The minimum absolute atomic E-state index is 0.253. The highest BCUT2D eigenvalue weighted by Gasteiger charge is 2.04. The van der Waals surface area contributed by atoms with Crippen LogP contribution in [-0.4, -0.2) is 24.2 Å². The van der Waals surface area contributed by atoms with E-state index in [2.05, 4.69) is 15.6 Å². The third-order valence-electron chi connectivity index (χ3n) is 1.78. The molecule has 1 aliphatic heterocycles. The predicted octanol–water partition coefficient (Wildman–Crippen LogP) is 0.763. The molecule has 0 spiro atoms. The molecule has 0 unspecified atom stereocenters. The van der Waals surface area contributed by atoms with Crippen molar-refractivity contribution < 1.29 is 5.11 Å². The van der Waals surface area contributed by atoms with Gasteiger partial charge in [-0.1, -0.05) is 6.07 Å². The minimum atomic E-state index is 0.253. The summed E-state index contributed by atoms with van der Waals surface area (Å²) < 4.78 is 0. The minimum Gasteiger partial charge on any atom is -0.508 e. The summed E-state index contributed by atoms with van der Waals surface area (Å²) in [5, 5.41) is 15.3. The van der Waals surface area contributed by atoms with Crippen molar-refractivity contribution in [2.45, 2.75) is 0 Å². The zero-order valence-corrected chi connectivity index (χ0v) is 7.12. The van der Waals surface area contributed by atoms with Gasteiger partial charge in [0.2, 0.25) is 0 Å². The van der Waals surface area contributed by atoms with Gasteiger partial charge in [-0.3, -0.25) is 4.99 Å². The van der Waals surface area contributed by atoms with Crippen LogP contribution in [0.5, 0.6) is 5.75 Å². The number of nitrogens with zero attached hydrogens (tertiary/aromatic N) is 1. The van der Waals surface area contributed by atoms with Crippen LogP contribution < -0.4 is 10.6 Å². The maximum atomic E-state index is 9.19. The second-order valence-electron chi connectivity index (χ2n) is 2.83. The van der Waals surface area contributed by atoms with Gasteiger partial charge in [0, 0.05) is 18.3 Å². The van der Waals surface area contributed by atoms with E-state index in [9.17, 15) is 5.11 Å². The summed E-state index contributed by atoms with van der Waals surface area (Å²) in [4.78, 5) is 4.17. The Morgan fingerprint density at radius 1 is 1.46 bits per heavy atom. The average molecular weight is 177 g/mol. The molecular formula is C9H11N3O. The second-order valence-corrected chi connectivity index (χ2v) is 2.83. The fourth-order valence-electron chi connectivity index (χ4n) is 1.20. The largest absolute Gasteiger partial charge is 0.508 e. The van der Waals surface area contributed by atoms with Gasteiger partial charge in [0.15, 0.2) is 5.96 Å². The van der Waals surface area contributed by atoms with E-state index >= 15 is 0 Å². The molecule has 0 aliphatic carbocycles. The number of rotatable bonds is 1. The molecule has 4 heteroatoms. The topological polar surface area (TPSA) is 56.6 Å². The first kappa shape index (κ1) is 7.91. The van der Waals surface area contributed by atoms with Gasteiger partial charge in [0.05, 0.1) is 6.54 Å². The van der Waals surface area contributed by atoms with Crippen LogP contribution in [-0.2, 0) is 0 Å². The Balaban J connectivity index is 2.09. The maximum absolute atomic E-state index is 9.19. The third-order valence-corrected chi connectivity index (χ3v) is 1.78. The van der Waals surface area contributed by atoms with Crippen molar-refractivity contribution in [2.75, 3.05) is 18.4 Å². The highest BCUT2D eigenvalue weighted by Crippen LogP contribution is 2.15. The number of phenols is 1. The van der Waals surface area contributed by atoms with Crippen LogP contribution >= 0.6 is 0 Å². The lowest BCUT2D eigenvalue weighted by Crippen LogP contribution is -2.26. The number of guanidine groups is 1. The molecule has 1 aromatic carbocycles. The van der Waals surface area contributed by atoms with E-state index in [0.29, 0.717) is 0 Å². The van der Waals surface area contributed by atoms with Crippen molar-refractivity contribution in [2.24, 2.45) is 4.99 Å². The van der Waals surface area contributed by atoms with E-state index in [1.54, 1.807) is 18.2 Å². The van der Waals surface area contributed by atoms with Crippen LogP contribution in [0.25, 0.3) is 0 Å². The van der Waals surface area contributed by atoms with Crippen LogP contribution in [0.3, 0.4) is 0 Å². The molecule has 68 valence electrons. The smallest absolute Gasteiger partial charge is 0.195 e. The van der Waals surface area contributed by atoms with Crippen molar-refractivity contribution in [3.05, 3.63) is 24.3 Å². The van der Waals surface area contributed by atoms with Gasteiger partial charge in [-0.25, -0.2) is 0 Å². The molecular weight excluding hydrogens is 166 g/mol. The van der Waals surface area contributed by atoms with E-state index in [1.807, 2.05) is 6.07 Å². The first-order valence-corrected chi connectivity index (χ1v) is 4.19. The van der Waals surface area contributed by atoms with E-state index < -0.39 is 0 Å². The lowest BCUT2D eigenvalue weighted by atomic mass is 10.3. The van der Waals surface area contributed by atoms with Crippen LogP contribution in [0, 0.1) is 0 Å². The van der Waals surface area contributed by atoms with Crippen LogP contribution in [0.15, 0.2) is 29.3 Å². The summed E-state index contributed by atoms with van der Waals surface area (Å²) in [5.74, 6) is 1.02. The number of phenolic OH excluding ortho intramolecular Hbond substituents is 1. The van der Waals surface area contributed by atoms with Crippen molar-refractivity contribution in [3.8, 4) is 5.75 Å². The van der Waals surface area contributed by atoms with Gasteiger partial charge < -0.3 is 15.7 Å². The van der Waals surface area contributed by atoms with Gasteiger partial charge >= 0.3 is 0 Å².